The first kappa shape index (κ1) is 20.7. The van der Waals surface area contributed by atoms with E-state index in [0.29, 0.717) is 36.7 Å². The summed E-state index contributed by atoms with van der Waals surface area (Å²) in [6, 6.07) is 15.9. The molecule has 1 unspecified atom stereocenters. The topological polar surface area (TPSA) is 91.5 Å². The van der Waals surface area contributed by atoms with Crippen LogP contribution in [-0.2, 0) is 9.53 Å². The van der Waals surface area contributed by atoms with E-state index in [4.69, 9.17) is 4.74 Å². The lowest BCUT2D eigenvalue weighted by Gasteiger charge is -2.23. The van der Waals surface area contributed by atoms with Gasteiger partial charge in [0.25, 0.3) is 0 Å². The molecule has 1 fully saturated rings. The minimum atomic E-state index is -0.323. The summed E-state index contributed by atoms with van der Waals surface area (Å²) in [6.07, 6.45) is 0.361. The summed E-state index contributed by atoms with van der Waals surface area (Å²) in [6.45, 7) is 2.00. The molecule has 1 heterocycles. The molecule has 0 aromatic heterocycles. The molecule has 7 nitrogen and oxygen atoms in total. The summed E-state index contributed by atoms with van der Waals surface area (Å²) in [4.78, 5) is 24.0. The number of urea groups is 1. The molecule has 2 aromatic carbocycles. The van der Waals surface area contributed by atoms with Crippen LogP contribution in [0.1, 0.15) is 6.42 Å². The molecule has 27 heavy (non-hydrogen) atoms. The third-order valence-corrected chi connectivity index (χ3v) is 3.89. The normalized spacial score (nSPS) is 15.9. The molecule has 0 bridgehead atoms. The fourth-order valence-corrected chi connectivity index (χ4v) is 2.64. The number of hydrogen-bond donors (Lipinski definition) is 4. The van der Waals surface area contributed by atoms with Crippen molar-refractivity contribution >= 4 is 41.4 Å². The average Bonchev–Trinajstić information content (AvgIpc) is 2.65. The van der Waals surface area contributed by atoms with Crippen LogP contribution in [0.25, 0.3) is 0 Å². The van der Waals surface area contributed by atoms with E-state index in [1.54, 1.807) is 24.3 Å². The van der Waals surface area contributed by atoms with Crippen molar-refractivity contribution in [2.45, 2.75) is 12.5 Å². The summed E-state index contributed by atoms with van der Waals surface area (Å²) in [5.41, 5.74) is 2.04. The molecule has 4 N–H and O–H groups in total. The minimum Gasteiger partial charge on any atom is -0.378 e. The van der Waals surface area contributed by atoms with E-state index in [-0.39, 0.29) is 30.4 Å². The lowest BCUT2D eigenvalue weighted by molar-refractivity contribution is -0.117. The van der Waals surface area contributed by atoms with E-state index >= 15 is 0 Å². The monoisotopic (exact) mass is 390 g/mol. The van der Waals surface area contributed by atoms with Crippen LogP contribution >= 0.6 is 12.4 Å². The van der Waals surface area contributed by atoms with Crippen molar-refractivity contribution in [2.75, 3.05) is 35.7 Å². The first-order valence-corrected chi connectivity index (χ1v) is 8.53. The Labute approximate surface area is 164 Å². The van der Waals surface area contributed by atoms with Gasteiger partial charge < -0.3 is 26.0 Å². The first-order valence-electron chi connectivity index (χ1n) is 8.53. The maximum absolute atomic E-state index is 12.1. The van der Waals surface area contributed by atoms with Gasteiger partial charge in [-0.2, -0.15) is 0 Å². The van der Waals surface area contributed by atoms with Gasteiger partial charge in [-0.15, -0.1) is 12.4 Å². The molecule has 3 rings (SSSR count). The van der Waals surface area contributed by atoms with Crippen molar-refractivity contribution < 1.29 is 14.3 Å². The van der Waals surface area contributed by atoms with E-state index in [2.05, 4.69) is 21.3 Å². The van der Waals surface area contributed by atoms with Crippen molar-refractivity contribution in [1.82, 2.24) is 5.32 Å². The first-order chi connectivity index (χ1) is 12.7. The standard InChI is InChI=1S/C19H22N4O3.ClH/c24-18(12-17-13-26-11-10-20-17)21-15-6-8-16(9-7-15)23-19(25)22-14-4-2-1-3-5-14;/h1-9,17,20H,10-13H2,(H,21,24)(H2,22,23,25);1H. The summed E-state index contributed by atoms with van der Waals surface area (Å²) < 4.78 is 5.34. The number of carbonyl (C=O) groups is 2. The molecule has 144 valence electrons. The Bertz CT molecular complexity index is 734. The maximum Gasteiger partial charge on any atom is 0.323 e. The number of amides is 3. The third-order valence-electron chi connectivity index (χ3n) is 3.89. The number of para-hydroxylation sites is 1. The second-order valence-electron chi connectivity index (χ2n) is 6.00. The molecule has 0 saturated carbocycles. The van der Waals surface area contributed by atoms with Crippen LogP contribution in [0, 0.1) is 0 Å². The SMILES string of the molecule is Cl.O=C(CC1COCCN1)Nc1ccc(NC(=O)Nc2ccccc2)cc1. The summed E-state index contributed by atoms with van der Waals surface area (Å²) >= 11 is 0. The average molecular weight is 391 g/mol. The highest BCUT2D eigenvalue weighted by Gasteiger charge is 2.16. The van der Waals surface area contributed by atoms with Crippen LogP contribution < -0.4 is 21.3 Å². The van der Waals surface area contributed by atoms with Gasteiger partial charge in [0.1, 0.15) is 0 Å². The molecular formula is C19H23ClN4O3. The van der Waals surface area contributed by atoms with Crippen LogP contribution in [0.15, 0.2) is 54.6 Å². The number of halogens is 1. The zero-order valence-electron chi connectivity index (χ0n) is 14.7. The van der Waals surface area contributed by atoms with Crippen LogP contribution in [0.2, 0.25) is 0 Å². The van der Waals surface area contributed by atoms with Crippen LogP contribution in [0.3, 0.4) is 0 Å². The zero-order valence-corrected chi connectivity index (χ0v) is 15.6. The Kier molecular flexibility index (Phi) is 8.06. The number of benzene rings is 2. The van der Waals surface area contributed by atoms with Crippen molar-refractivity contribution in [3.8, 4) is 0 Å². The highest BCUT2D eigenvalue weighted by Crippen LogP contribution is 2.15. The molecule has 3 amide bonds. The van der Waals surface area contributed by atoms with Crippen LogP contribution in [0.4, 0.5) is 21.9 Å². The van der Waals surface area contributed by atoms with Gasteiger partial charge in [-0.3, -0.25) is 4.79 Å². The molecule has 1 atom stereocenters. The van der Waals surface area contributed by atoms with Gasteiger partial charge in [0, 0.05) is 36.1 Å². The second kappa shape index (κ2) is 10.5. The van der Waals surface area contributed by atoms with Gasteiger partial charge >= 0.3 is 6.03 Å². The third kappa shape index (κ3) is 6.90. The van der Waals surface area contributed by atoms with E-state index < -0.39 is 0 Å². The molecule has 2 aromatic rings. The number of rotatable bonds is 5. The number of nitrogens with one attached hydrogen (secondary N) is 4. The van der Waals surface area contributed by atoms with E-state index in [1.165, 1.54) is 0 Å². The Morgan fingerprint density at radius 3 is 2.11 bits per heavy atom. The van der Waals surface area contributed by atoms with Gasteiger partial charge in [-0.25, -0.2) is 4.79 Å². The maximum atomic E-state index is 12.1. The minimum absolute atomic E-state index is 0. The predicted molar refractivity (Wildman–Crippen MR) is 109 cm³/mol. The fourth-order valence-electron chi connectivity index (χ4n) is 2.64. The van der Waals surface area contributed by atoms with Gasteiger partial charge in [0.15, 0.2) is 0 Å². The lowest BCUT2D eigenvalue weighted by Crippen LogP contribution is -2.43. The predicted octanol–water partition coefficient (Wildman–Crippen LogP) is 3.07. The fraction of sp³-hybridized carbons (Fsp3) is 0.263. The van der Waals surface area contributed by atoms with Crippen molar-refractivity contribution in [3.63, 3.8) is 0 Å². The zero-order chi connectivity index (χ0) is 18.2. The van der Waals surface area contributed by atoms with Crippen molar-refractivity contribution in [2.24, 2.45) is 0 Å². The van der Waals surface area contributed by atoms with E-state index in [0.717, 1.165) is 6.54 Å². The Morgan fingerprint density at radius 2 is 1.52 bits per heavy atom. The number of hydrogen-bond acceptors (Lipinski definition) is 4. The lowest BCUT2D eigenvalue weighted by atomic mass is 10.2. The number of ether oxygens (including phenoxy) is 1. The van der Waals surface area contributed by atoms with Crippen molar-refractivity contribution in [1.29, 1.82) is 0 Å². The summed E-state index contributed by atoms with van der Waals surface area (Å²) in [7, 11) is 0. The quantitative estimate of drug-likeness (QED) is 0.631. The highest BCUT2D eigenvalue weighted by atomic mass is 35.5. The van der Waals surface area contributed by atoms with Gasteiger partial charge in [0.05, 0.1) is 13.2 Å². The van der Waals surface area contributed by atoms with Crippen LogP contribution in [0.5, 0.6) is 0 Å². The molecule has 1 aliphatic rings. The summed E-state index contributed by atoms with van der Waals surface area (Å²) in [5.74, 6) is -0.0736. The Balaban J connectivity index is 0.00000261. The Hall–Kier alpha value is -2.61. The van der Waals surface area contributed by atoms with Gasteiger partial charge in [-0.05, 0) is 36.4 Å². The molecular weight excluding hydrogens is 368 g/mol. The van der Waals surface area contributed by atoms with Gasteiger partial charge in [-0.1, -0.05) is 18.2 Å². The molecule has 0 radical (unpaired) electrons. The van der Waals surface area contributed by atoms with Gasteiger partial charge in [0.2, 0.25) is 5.91 Å². The Morgan fingerprint density at radius 1 is 0.926 bits per heavy atom. The highest BCUT2D eigenvalue weighted by molar-refractivity contribution is 6.00. The smallest absolute Gasteiger partial charge is 0.323 e. The van der Waals surface area contributed by atoms with E-state index in [9.17, 15) is 9.59 Å². The molecule has 0 aliphatic carbocycles. The van der Waals surface area contributed by atoms with E-state index in [1.807, 2.05) is 30.3 Å². The number of morpholine rings is 1. The number of anilines is 3. The number of carbonyl (C=O) groups excluding carboxylic acids is 2. The summed E-state index contributed by atoms with van der Waals surface area (Å²) in [5, 5.41) is 11.6. The second-order valence-corrected chi connectivity index (χ2v) is 6.00. The molecule has 0 spiro atoms. The van der Waals surface area contributed by atoms with Crippen molar-refractivity contribution in [3.05, 3.63) is 54.6 Å². The molecule has 1 saturated heterocycles. The molecule has 1 aliphatic heterocycles. The van der Waals surface area contributed by atoms with Crippen LogP contribution in [-0.4, -0.2) is 37.7 Å². The molecule has 8 heteroatoms. The largest absolute Gasteiger partial charge is 0.378 e.